The highest BCUT2D eigenvalue weighted by molar-refractivity contribution is 7.89. The van der Waals surface area contributed by atoms with Crippen molar-refractivity contribution in [1.29, 1.82) is 0 Å². The van der Waals surface area contributed by atoms with E-state index in [9.17, 15) is 13.2 Å². The zero-order valence-corrected chi connectivity index (χ0v) is 18.7. The molecule has 0 saturated carbocycles. The molecule has 0 aromatic heterocycles. The maximum absolute atomic E-state index is 13.4. The Labute approximate surface area is 170 Å². The second-order valence-corrected chi connectivity index (χ2v) is 10.2. The molecule has 156 valence electrons. The molecule has 0 fully saturated rings. The molecule has 0 N–H and O–H groups in total. The summed E-state index contributed by atoms with van der Waals surface area (Å²) in [6.45, 7) is 18.8. The third kappa shape index (κ3) is 6.60. The SMILES string of the molecule is C=CCN([C@@H](CC(C)C)C(=C)C(=O)OC(C)(C)C)S(=O)(=O)c1ccc(C)cc1. The first-order chi connectivity index (χ1) is 12.8. The molecule has 1 rings (SSSR count). The maximum Gasteiger partial charge on any atom is 0.335 e. The Bertz CT molecular complexity index is 802. The molecule has 0 unspecified atom stereocenters. The maximum atomic E-state index is 13.4. The van der Waals surface area contributed by atoms with Crippen LogP contribution in [0, 0.1) is 12.8 Å². The van der Waals surface area contributed by atoms with Crippen LogP contribution >= 0.6 is 0 Å². The highest BCUT2D eigenvalue weighted by Crippen LogP contribution is 2.27. The molecule has 0 spiro atoms. The molecule has 0 radical (unpaired) electrons. The molecule has 0 aliphatic heterocycles. The number of carbonyl (C=O) groups is 1. The number of hydrogen-bond acceptors (Lipinski definition) is 4. The molecule has 1 aromatic carbocycles. The van der Waals surface area contributed by atoms with Gasteiger partial charge in [-0.1, -0.05) is 44.2 Å². The van der Waals surface area contributed by atoms with Crippen molar-refractivity contribution in [3.63, 3.8) is 0 Å². The van der Waals surface area contributed by atoms with Crippen molar-refractivity contribution in [2.75, 3.05) is 6.54 Å². The molecular weight excluding hydrogens is 374 g/mol. The number of aryl methyl sites for hydroxylation is 1. The third-order valence-electron chi connectivity index (χ3n) is 4.04. The van der Waals surface area contributed by atoms with Crippen molar-refractivity contribution in [2.24, 2.45) is 5.92 Å². The minimum Gasteiger partial charge on any atom is -0.457 e. The van der Waals surface area contributed by atoms with E-state index in [4.69, 9.17) is 4.74 Å². The van der Waals surface area contributed by atoms with Gasteiger partial charge in [0.2, 0.25) is 10.0 Å². The van der Waals surface area contributed by atoms with Crippen LogP contribution in [0.3, 0.4) is 0 Å². The second-order valence-electron chi connectivity index (χ2n) is 8.35. The summed E-state index contributed by atoms with van der Waals surface area (Å²) >= 11 is 0. The van der Waals surface area contributed by atoms with Crippen molar-refractivity contribution in [3.8, 4) is 0 Å². The molecule has 1 aromatic rings. The van der Waals surface area contributed by atoms with Gasteiger partial charge in [0.05, 0.1) is 10.9 Å². The van der Waals surface area contributed by atoms with Gasteiger partial charge in [-0.15, -0.1) is 6.58 Å². The Morgan fingerprint density at radius 2 is 1.75 bits per heavy atom. The topological polar surface area (TPSA) is 63.7 Å². The minimum atomic E-state index is -3.85. The number of ether oxygens (including phenoxy) is 1. The number of nitrogens with zero attached hydrogens (tertiary/aromatic N) is 1. The third-order valence-corrected chi connectivity index (χ3v) is 5.93. The van der Waals surface area contributed by atoms with Gasteiger partial charge >= 0.3 is 5.97 Å². The lowest BCUT2D eigenvalue weighted by Gasteiger charge is -2.33. The van der Waals surface area contributed by atoms with Gasteiger partial charge in [0.1, 0.15) is 5.60 Å². The van der Waals surface area contributed by atoms with E-state index in [-0.39, 0.29) is 22.9 Å². The first-order valence-electron chi connectivity index (χ1n) is 9.41. The number of carbonyl (C=O) groups excluding carboxylic acids is 1. The van der Waals surface area contributed by atoms with Gasteiger partial charge in [0, 0.05) is 12.1 Å². The Morgan fingerprint density at radius 1 is 1.21 bits per heavy atom. The predicted molar refractivity (Wildman–Crippen MR) is 113 cm³/mol. The molecule has 0 saturated heterocycles. The average molecular weight is 408 g/mol. The number of benzene rings is 1. The van der Waals surface area contributed by atoms with Gasteiger partial charge in [-0.05, 0) is 52.2 Å². The van der Waals surface area contributed by atoms with Crippen molar-refractivity contribution >= 4 is 16.0 Å². The molecule has 5 nitrogen and oxygen atoms in total. The average Bonchev–Trinajstić information content (AvgIpc) is 2.55. The van der Waals surface area contributed by atoms with E-state index in [1.165, 1.54) is 10.4 Å². The number of rotatable bonds is 9. The monoisotopic (exact) mass is 407 g/mol. The fourth-order valence-electron chi connectivity index (χ4n) is 2.73. The van der Waals surface area contributed by atoms with Gasteiger partial charge in [-0.3, -0.25) is 0 Å². The molecule has 28 heavy (non-hydrogen) atoms. The molecular formula is C22H33NO4S. The largest absolute Gasteiger partial charge is 0.457 e. The van der Waals surface area contributed by atoms with E-state index < -0.39 is 27.6 Å². The molecule has 0 heterocycles. The summed E-state index contributed by atoms with van der Waals surface area (Å²) in [5.74, 6) is -0.448. The van der Waals surface area contributed by atoms with Gasteiger partial charge in [0.25, 0.3) is 0 Å². The van der Waals surface area contributed by atoms with E-state index in [1.54, 1.807) is 45.0 Å². The van der Waals surface area contributed by atoms with Crippen LogP contribution < -0.4 is 0 Å². The Balaban J connectivity index is 3.39. The fourth-order valence-corrected chi connectivity index (χ4v) is 4.33. The van der Waals surface area contributed by atoms with Gasteiger partial charge in [-0.25, -0.2) is 13.2 Å². The minimum absolute atomic E-state index is 0.0649. The molecule has 0 aliphatic carbocycles. The van der Waals surface area contributed by atoms with E-state index in [0.717, 1.165) is 5.56 Å². The van der Waals surface area contributed by atoms with Gasteiger partial charge < -0.3 is 4.74 Å². The molecule has 6 heteroatoms. The standard InChI is InChI=1S/C22H33NO4S/c1-9-14-23(28(25,26)19-12-10-17(4)11-13-19)20(15-16(2)3)18(5)21(24)27-22(6,7)8/h9-13,16,20H,1,5,14-15H2,2-4,6-8H3/t20-/m0/s1. The highest BCUT2D eigenvalue weighted by atomic mass is 32.2. The van der Waals surface area contributed by atoms with Crippen LogP contribution in [0.1, 0.15) is 46.6 Å². The number of hydrogen-bond donors (Lipinski definition) is 0. The van der Waals surface area contributed by atoms with Crippen molar-refractivity contribution < 1.29 is 17.9 Å². The van der Waals surface area contributed by atoms with E-state index in [0.29, 0.717) is 6.42 Å². The van der Waals surface area contributed by atoms with Crippen LogP contribution in [0.4, 0.5) is 0 Å². The van der Waals surface area contributed by atoms with Gasteiger partial charge in [-0.2, -0.15) is 4.31 Å². The Morgan fingerprint density at radius 3 is 2.18 bits per heavy atom. The first kappa shape index (κ1) is 24.1. The van der Waals surface area contributed by atoms with E-state index in [2.05, 4.69) is 13.2 Å². The first-order valence-corrected chi connectivity index (χ1v) is 10.8. The lowest BCUT2D eigenvalue weighted by Crippen LogP contribution is -2.44. The predicted octanol–water partition coefficient (Wildman–Crippen LogP) is 4.48. The quantitative estimate of drug-likeness (QED) is 0.344. The molecule has 1 atom stereocenters. The lowest BCUT2D eigenvalue weighted by atomic mass is 9.97. The van der Waals surface area contributed by atoms with Crippen LogP contribution in [0.15, 0.2) is 54.0 Å². The second kappa shape index (κ2) is 9.52. The summed E-state index contributed by atoms with van der Waals surface area (Å²) in [6.07, 6.45) is 1.96. The van der Waals surface area contributed by atoms with Crippen LogP contribution in [-0.4, -0.2) is 36.9 Å². The smallest absolute Gasteiger partial charge is 0.335 e. The van der Waals surface area contributed by atoms with E-state index in [1.807, 2.05) is 20.8 Å². The van der Waals surface area contributed by atoms with Crippen molar-refractivity contribution in [3.05, 3.63) is 54.6 Å². The molecule has 0 amide bonds. The molecule has 0 aliphatic rings. The lowest BCUT2D eigenvalue weighted by molar-refractivity contribution is -0.150. The summed E-state index contributed by atoms with van der Waals surface area (Å²) in [7, 11) is -3.85. The summed E-state index contributed by atoms with van der Waals surface area (Å²) in [4.78, 5) is 12.8. The fraction of sp³-hybridized carbons (Fsp3) is 0.500. The highest BCUT2D eigenvalue weighted by Gasteiger charge is 2.36. The number of esters is 1. The van der Waals surface area contributed by atoms with Crippen LogP contribution in [0.2, 0.25) is 0 Å². The van der Waals surface area contributed by atoms with Crippen LogP contribution in [0.25, 0.3) is 0 Å². The normalized spacial score (nSPS) is 13.4. The summed E-state index contributed by atoms with van der Waals surface area (Å²) in [5.41, 5.74) is 0.397. The summed E-state index contributed by atoms with van der Waals surface area (Å²) < 4.78 is 33.4. The summed E-state index contributed by atoms with van der Waals surface area (Å²) in [5, 5.41) is 0. The number of sulfonamides is 1. The van der Waals surface area contributed by atoms with E-state index >= 15 is 0 Å². The Kier molecular flexibility index (Phi) is 8.20. The Hall–Kier alpha value is -1.92. The van der Waals surface area contributed by atoms with Crippen LogP contribution in [0.5, 0.6) is 0 Å². The van der Waals surface area contributed by atoms with Crippen molar-refractivity contribution in [2.45, 2.75) is 64.5 Å². The zero-order valence-electron chi connectivity index (χ0n) is 17.9. The van der Waals surface area contributed by atoms with Gasteiger partial charge in [0.15, 0.2) is 0 Å². The van der Waals surface area contributed by atoms with Crippen LogP contribution in [-0.2, 0) is 19.6 Å². The summed E-state index contributed by atoms with van der Waals surface area (Å²) in [6, 6.07) is 5.92. The van der Waals surface area contributed by atoms with Crippen molar-refractivity contribution in [1.82, 2.24) is 4.31 Å². The zero-order chi connectivity index (χ0) is 21.7. The molecule has 0 bridgehead atoms.